The van der Waals surface area contributed by atoms with E-state index in [0.29, 0.717) is 0 Å². The maximum absolute atomic E-state index is 3.79. The third-order valence-electron chi connectivity index (χ3n) is 3.08. The Labute approximate surface area is 97.1 Å². The molecule has 1 N–H and O–H groups in total. The SMILES string of the molecule is CCC[Si](NCC)(N(C)C)N(CC)CC. The molecule has 0 aromatic heterocycles. The summed E-state index contributed by atoms with van der Waals surface area (Å²) in [5.74, 6) is 0. The van der Waals surface area contributed by atoms with Gasteiger partial charge in [-0.15, -0.1) is 0 Å². The molecule has 0 spiro atoms. The molecule has 0 saturated heterocycles. The van der Waals surface area contributed by atoms with Crippen molar-refractivity contribution in [1.82, 2.24) is 14.1 Å². The van der Waals surface area contributed by atoms with Crippen LogP contribution in [0.1, 0.15) is 34.1 Å². The lowest BCUT2D eigenvalue weighted by molar-refractivity contribution is 0.376. The maximum atomic E-state index is 3.79. The van der Waals surface area contributed by atoms with Crippen molar-refractivity contribution in [2.45, 2.75) is 40.2 Å². The number of rotatable bonds is 8. The van der Waals surface area contributed by atoms with Gasteiger partial charge >= 0.3 is 0 Å². The van der Waals surface area contributed by atoms with Crippen molar-refractivity contribution in [1.29, 1.82) is 0 Å². The zero-order chi connectivity index (χ0) is 11.9. The normalized spacial score (nSPS) is 16.0. The fourth-order valence-electron chi connectivity index (χ4n) is 2.40. The molecule has 1 unspecified atom stereocenters. The van der Waals surface area contributed by atoms with E-state index in [9.17, 15) is 0 Å². The smallest absolute Gasteiger partial charge is 0.286 e. The summed E-state index contributed by atoms with van der Waals surface area (Å²) < 4.78 is 5.09. The summed E-state index contributed by atoms with van der Waals surface area (Å²) in [5.41, 5.74) is 0. The van der Waals surface area contributed by atoms with Crippen LogP contribution in [0.3, 0.4) is 0 Å². The molecule has 0 amide bonds. The van der Waals surface area contributed by atoms with Gasteiger partial charge in [0, 0.05) is 0 Å². The van der Waals surface area contributed by atoms with Crippen molar-refractivity contribution in [3.8, 4) is 0 Å². The molecule has 0 rings (SSSR count). The molecule has 0 radical (unpaired) electrons. The van der Waals surface area contributed by atoms with Gasteiger partial charge in [0.1, 0.15) is 0 Å². The van der Waals surface area contributed by atoms with Gasteiger partial charge in [0.15, 0.2) is 0 Å². The molecule has 4 heteroatoms. The van der Waals surface area contributed by atoms with Crippen LogP contribution in [0, 0.1) is 0 Å². The molecule has 0 aliphatic carbocycles. The van der Waals surface area contributed by atoms with E-state index < -0.39 is 8.56 Å². The van der Waals surface area contributed by atoms with E-state index in [0.717, 1.165) is 19.6 Å². The van der Waals surface area contributed by atoms with Crippen LogP contribution in [-0.2, 0) is 0 Å². The number of hydrogen-bond acceptors (Lipinski definition) is 3. The first kappa shape index (κ1) is 15.1. The minimum Gasteiger partial charge on any atom is -0.313 e. The van der Waals surface area contributed by atoms with Gasteiger partial charge in [0.25, 0.3) is 8.56 Å². The molecule has 0 aliphatic heterocycles. The summed E-state index contributed by atoms with van der Waals surface area (Å²) in [6.07, 6.45) is 1.26. The Kier molecular flexibility index (Phi) is 7.43. The fraction of sp³-hybridized carbons (Fsp3) is 1.00. The highest BCUT2D eigenvalue weighted by Gasteiger charge is 2.40. The molecule has 0 saturated carbocycles. The lowest BCUT2D eigenvalue weighted by Crippen LogP contribution is -2.72. The number of nitrogens with zero attached hydrogens (tertiary/aromatic N) is 2. The summed E-state index contributed by atoms with van der Waals surface area (Å²) in [6, 6.07) is 1.30. The first-order valence-corrected chi connectivity index (χ1v) is 8.36. The van der Waals surface area contributed by atoms with E-state index in [2.05, 4.69) is 55.9 Å². The lowest BCUT2D eigenvalue weighted by atomic mass is 10.6. The topological polar surface area (TPSA) is 18.5 Å². The summed E-state index contributed by atoms with van der Waals surface area (Å²) in [5, 5.41) is 0. The van der Waals surface area contributed by atoms with E-state index in [1.807, 2.05) is 0 Å². The van der Waals surface area contributed by atoms with Crippen LogP contribution in [0.15, 0.2) is 0 Å². The Morgan fingerprint density at radius 2 is 1.53 bits per heavy atom. The molecule has 0 aromatic rings. The highest BCUT2D eigenvalue weighted by atomic mass is 28.4. The van der Waals surface area contributed by atoms with Crippen molar-refractivity contribution < 1.29 is 0 Å². The summed E-state index contributed by atoms with van der Waals surface area (Å²) in [4.78, 5) is 3.79. The second-order valence-corrected chi connectivity index (χ2v) is 8.18. The van der Waals surface area contributed by atoms with Crippen LogP contribution >= 0.6 is 0 Å². The van der Waals surface area contributed by atoms with E-state index in [4.69, 9.17) is 0 Å². The monoisotopic (exact) mass is 231 g/mol. The Balaban J connectivity index is 4.89. The van der Waals surface area contributed by atoms with Crippen molar-refractivity contribution >= 4 is 8.56 Å². The summed E-state index contributed by atoms with van der Waals surface area (Å²) >= 11 is 0. The minimum absolute atomic E-state index is 1.07. The Bertz CT molecular complexity index is 152. The predicted octanol–water partition coefficient (Wildman–Crippen LogP) is 1.85. The van der Waals surface area contributed by atoms with E-state index >= 15 is 0 Å². The number of nitrogens with one attached hydrogen (secondary N) is 1. The van der Waals surface area contributed by atoms with Gasteiger partial charge in [-0.25, -0.2) is 0 Å². The third-order valence-corrected chi connectivity index (χ3v) is 8.36. The predicted molar refractivity (Wildman–Crippen MR) is 71.1 cm³/mol. The number of hydrogen-bond donors (Lipinski definition) is 1. The van der Waals surface area contributed by atoms with Crippen molar-refractivity contribution in [3.05, 3.63) is 0 Å². The molecular weight excluding hydrogens is 202 g/mol. The zero-order valence-corrected chi connectivity index (χ0v) is 12.4. The van der Waals surface area contributed by atoms with Crippen LogP contribution in [0.4, 0.5) is 0 Å². The Morgan fingerprint density at radius 1 is 1.00 bits per heavy atom. The third kappa shape index (κ3) is 3.55. The average Bonchev–Trinajstić information content (AvgIpc) is 2.19. The van der Waals surface area contributed by atoms with E-state index in [1.54, 1.807) is 0 Å². The molecule has 0 aromatic carbocycles. The Morgan fingerprint density at radius 3 is 1.80 bits per heavy atom. The standard InChI is InChI=1S/C11H29N3Si/c1-7-11-15(12-8-2,13(5)6)14(9-3)10-4/h12H,7-11H2,1-6H3. The van der Waals surface area contributed by atoms with Gasteiger partial charge in [-0.3, -0.25) is 0 Å². The molecule has 0 aliphatic rings. The first-order chi connectivity index (χ1) is 7.08. The molecule has 0 heterocycles. The van der Waals surface area contributed by atoms with Crippen LogP contribution in [0.5, 0.6) is 0 Å². The lowest BCUT2D eigenvalue weighted by Gasteiger charge is -2.45. The molecule has 15 heavy (non-hydrogen) atoms. The molecule has 3 nitrogen and oxygen atoms in total. The van der Waals surface area contributed by atoms with Crippen LogP contribution in [0.2, 0.25) is 6.04 Å². The van der Waals surface area contributed by atoms with E-state index in [1.165, 1.54) is 12.5 Å². The second kappa shape index (κ2) is 7.38. The van der Waals surface area contributed by atoms with Gasteiger partial charge in [-0.2, -0.15) is 0 Å². The molecule has 92 valence electrons. The van der Waals surface area contributed by atoms with Gasteiger partial charge in [0.2, 0.25) is 0 Å². The fourth-order valence-corrected chi connectivity index (χ4v) is 6.76. The van der Waals surface area contributed by atoms with Crippen molar-refractivity contribution in [2.24, 2.45) is 0 Å². The molecule has 1 atom stereocenters. The van der Waals surface area contributed by atoms with Crippen LogP contribution in [0.25, 0.3) is 0 Å². The Hall–Kier alpha value is 0.0969. The highest BCUT2D eigenvalue weighted by molar-refractivity contribution is 6.71. The van der Waals surface area contributed by atoms with E-state index in [-0.39, 0.29) is 0 Å². The molecule has 0 fully saturated rings. The van der Waals surface area contributed by atoms with Crippen LogP contribution in [-0.4, -0.2) is 51.4 Å². The van der Waals surface area contributed by atoms with Gasteiger partial charge < -0.3 is 14.1 Å². The van der Waals surface area contributed by atoms with Crippen molar-refractivity contribution in [2.75, 3.05) is 33.7 Å². The minimum atomic E-state index is -1.59. The first-order valence-electron chi connectivity index (χ1n) is 6.26. The quantitative estimate of drug-likeness (QED) is 0.643. The molecular formula is C11H29N3Si. The second-order valence-electron chi connectivity index (χ2n) is 4.16. The zero-order valence-electron chi connectivity index (χ0n) is 11.4. The van der Waals surface area contributed by atoms with Gasteiger partial charge in [-0.1, -0.05) is 34.1 Å². The largest absolute Gasteiger partial charge is 0.313 e. The van der Waals surface area contributed by atoms with Gasteiger partial charge in [-0.05, 0) is 39.8 Å². The summed E-state index contributed by atoms with van der Waals surface area (Å²) in [6.45, 7) is 12.4. The maximum Gasteiger partial charge on any atom is 0.286 e. The van der Waals surface area contributed by atoms with Gasteiger partial charge in [0.05, 0.1) is 0 Å². The average molecular weight is 231 g/mol. The highest BCUT2D eigenvalue weighted by Crippen LogP contribution is 2.16. The summed E-state index contributed by atoms with van der Waals surface area (Å²) in [7, 11) is 2.86. The molecule has 0 bridgehead atoms. The van der Waals surface area contributed by atoms with Crippen LogP contribution < -0.4 is 4.98 Å². The van der Waals surface area contributed by atoms with Crippen molar-refractivity contribution in [3.63, 3.8) is 0 Å².